The number of rotatable bonds is 3. The van der Waals surface area contributed by atoms with Crippen LogP contribution in [0.1, 0.15) is 53.4 Å². The number of methoxy groups -OCH3 is 1. The van der Waals surface area contributed by atoms with E-state index in [-0.39, 0.29) is 17.4 Å². The minimum atomic E-state index is -0.516. The van der Waals surface area contributed by atoms with Crippen molar-refractivity contribution in [1.82, 2.24) is 5.32 Å². The van der Waals surface area contributed by atoms with E-state index < -0.39 is 17.1 Å². The van der Waals surface area contributed by atoms with Crippen molar-refractivity contribution in [3.63, 3.8) is 0 Å². The third-order valence-electron chi connectivity index (χ3n) is 6.23. The van der Waals surface area contributed by atoms with Crippen LogP contribution < -0.4 is 5.32 Å². The van der Waals surface area contributed by atoms with Gasteiger partial charge in [0.05, 0.1) is 12.5 Å². The highest BCUT2D eigenvalue weighted by atomic mass is 16.6. The average molecular weight is 309 g/mol. The fraction of sp³-hybridized carbons (Fsp3) is 0.882. The largest absolute Gasteiger partial charge is 0.469 e. The van der Waals surface area contributed by atoms with Gasteiger partial charge in [-0.1, -0.05) is 0 Å². The van der Waals surface area contributed by atoms with Crippen LogP contribution in [-0.4, -0.2) is 30.8 Å². The number of nitrogens with one attached hydrogen (secondary N) is 1. The molecule has 0 heterocycles. The maximum atomic E-state index is 12.5. The molecule has 0 aromatic carbocycles. The molecule has 0 aliphatic heterocycles. The molecule has 4 aliphatic rings. The molecule has 124 valence electrons. The Labute approximate surface area is 132 Å². The third-order valence-corrected chi connectivity index (χ3v) is 6.23. The number of carbonyl (C=O) groups is 2. The summed E-state index contributed by atoms with van der Waals surface area (Å²) in [6, 6.07) is -0.0843. The van der Waals surface area contributed by atoms with E-state index >= 15 is 0 Å². The number of hydrogen-bond donors (Lipinski definition) is 1. The van der Waals surface area contributed by atoms with Gasteiger partial charge in [-0.2, -0.15) is 0 Å². The number of esters is 1. The lowest BCUT2D eigenvalue weighted by atomic mass is 9.64. The first-order valence-electron chi connectivity index (χ1n) is 8.21. The molecular weight excluding hydrogens is 282 g/mol. The lowest BCUT2D eigenvalue weighted by molar-refractivity contribution is -0.159. The van der Waals surface area contributed by atoms with E-state index in [1.54, 1.807) is 0 Å². The molecule has 0 aromatic rings. The molecule has 1 amide bonds. The van der Waals surface area contributed by atoms with Gasteiger partial charge in [-0.05, 0) is 65.2 Å². The zero-order valence-electron chi connectivity index (χ0n) is 14.2. The summed E-state index contributed by atoms with van der Waals surface area (Å²) in [6.07, 6.45) is 3.48. The maximum absolute atomic E-state index is 12.5. The maximum Gasteiger partial charge on any atom is 0.407 e. The van der Waals surface area contributed by atoms with E-state index in [1.165, 1.54) is 7.11 Å². The van der Waals surface area contributed by atoms with E-state index in [2.05, 4.69) is 5.32 Å². The Morgan fingerprint density at radius 3 is 2.14 bits per heavy atom. The van der Waals surface area contributed by atoms with Gasteiger partial charge in [-0.15, -0.1) is 0 Å². The van der Waals surface area contributed by atoms with Crippen LogP contribution in [0.3, 0.4) is 0 Å². The van der Waals surface area contributed by atoms with E-state index in [9.17, 15) is 9.59 Å². The lowest BCUT2D eigenvalue weighted by Gasteiger charge is -2.43. The van der Waals surface area contributed by atoms with Crippen molar-refractivity contribution >= 4 is 12.1 Å². The van der Waals surface area contributed by atoms with Crippen LogP contribution in [0.25, 0.3) is 0 Å². The molecule has 3 atom stereocenters. The van der Waals surface area contributed by atoms with Crippen LogP contribution in [-0.2, 0) is 14.3 Å². The van der Waals surface area contributed by atoms with Gasteiger partial charge in [0.1, 0.15) is 5.60 Å². The number of carbonyl (C=O) groups excluding carboxylic acids is 2. The second-order valence-electron chi connectivity index (χ2n) is 8.43. The minimum Gasteiger partial charge on any atom is -0.469 e. The van der Waals surface area contributed by atoms with Gasteiger partial charge >= 0.3 is 12.1 Å². The summed E-state index contributed by atoms with van der Waals surface area (Å²) < 4.78 is 10.5. The van der Waals surface area contributed by atoms with Crippen molar-refractivity contribution in [3.8, 4) is 0 Å². The predicted molar refractivity (Wildman–Crippen MR) is 81.2 cm³/mol. The number of amides is 1. The zero-order chi connectivity index (χ0) is 16.3. The minimum absolute atomic E-state index is 0.0843. The zero-order valence-corrected chi connectivity index (χ0v) is 14.2. The Balaban J connectivity index is 1.79. The van der Waals surface area contributed by atoms with Crippen LogP contribution in [0, 0.1) is 22.7 Å². The van der Waals surface area contributed by atoms with Gasteiger partial charge in [0, 0.05) is 11.5 Å². The quantitative estimate of drug-likeness (QED) is 0.814. The summed E-state index contributed by atoms with van der Waals surface area (Å²) in [5, 5.41) is 2.99. The van der Waals surface area contributed by atoms with Crippen LogP contribution >= 0.6 is 0 Å². The molecule has 4 aliphatic carbocycles. The summed E-state index contributed by atoms with van der Waals surface area (Å²) in [7, 11) is 1.47. The van der Waals surface area contributed by atoms with Crippen molar-refractivity contribution in [2.45, 2.75) is 65.0 Å². The smallest absolute Gasteiger partial charge is 0.407 e. The van der Waals surface area contributed by atoms with Crippen molar-refractivity contribution in [2.75, 3.05) is 7.11 Å². The molecule has 0 spiro atoms. The molecule has 4 bridgehead atoms. The average Bonchev–Trinajstić information content (AvgIpc) is 3.06. The molecule has 3 unspecified atom stereocenters. The third kappa shape index (κ3) is 1.97. The summed E-state index contributed by atoms with van der Waals surface area (Å²) in [4.78, 5) is 24.6. The normalized spacial score (nSPS) is 39.9. The first-order valence-corrected chi connectivity index (χ1v) is 8.21. The Kier molecular flexibility index (Phi) is 3.28. The number of hydrogen-bond acceptors (Lipinski definition) is 4. The van der Waals surface area contributed by atoms with E-state index in [4.69, 9.17) is 9.47 Å². The highest BCUT2D eigenvalue weighted by Gasteiger charge is 2.76. The van der Waals surface area contributed by atoms with Crippen LogP contribution in [0.5, 0.6) is 0 Å². The second kappa shape index (κ2) is 4.62. The fourth-order valence-electron chi connectivity index (χ4n) is 5.56. The first kappa shape index (κ1) is 15.6. The van der Waals surface area contributed by atoms with Gasteiger partial charge in [-0.25, -0.2) is 4.79 Å². The summed E-state index contributed by atoms with van der Waals surface area (Å²) in [5.41, 5.74) is -1.07. The molecule has 22 heavy (non-hydrogen) atoms. The van der Waals surface area contributed by atoms with Crippen molar-refractivity contribution in [2.24, 2.45) is 22.7 Å². The van der Waals surface area contributed by atoms with E-state index in [0.717, 1.165) is 25.7 Å². The standard InChI is InChI=1S/C17H27NO4/c1-10(18-14(20)22-15(2,3)4)16-6-11-8-17(16,13(19)21-5)9-12(11)7-16/h10-12H,6-9H2,1-5H3,(H,18,20). The number of alkyl carbamates (subject to hydrolysis) is 1. The molecule has 0 radical (unpaired) electrons. The SMILES string of the molecule is COC(=O)C12CC3CC1(C(C)NC(=O)OC(C)(C)C)CC3C2. The molecule has 0 saturated heterocycles. The number of ether oxygens (including phenoxy) is 2. The van der Waals surface area contributed by atoms with Crippen LogP contribution in [0.15, 0.2) is 0 Å². The Bertz CT molecular complexity index is 493. The fourth-order valence-corrected chi connectivity index (χ4v) is 5.56. The Hall–Kier alpha value is -1.26. The Morgan fingerprint density at radius 1 is 1.14 bits per heavy atom. The van der Waals surface area contributed by atoms with E-state index in [0.29, 0.717) is 11.8 Å². The van der Waals surface area contributed by atoms with Crippen molar-refractivity contribution in [1.29, 1.82) is 0 Å². The highest BCUT2D eigenvalue weighted by molar-refractivity contribution is 5.80. The molecule has 1 N–H and O–H groups in total. The topological polar surface area (TPSA) is 64.6 Å². The first-order chi connectivity index (χ1) is 10.1. The van der Waals surface area contributed by atoms with Gasteiger partial charge < -0.3 is 14.8 Å². The lowest BCUT2D eigenvalue weighted by Crippen LogP contribution is -2.53. The monoisotopic (exact) mass is 309 g/mol. The summed E-state index contributed by atoms with van der Waals surface area (Å²) >= 11 is 0. The molecule has 5 nitrogen and oxygen atoms in total. The van der Waals surface area contributed by atoms with Crippen molar-refractivity contribution in [3.05, 3.63) is 0 Å². The van der Waals surface area contributed by atoms with Crippen LogP contribution in [0.2, 0.25) is 0 Å². The molecule has 0 aromatic heterocycles. The molecule has 4 rings (SSSR count). The molecular formula is C17H27NO4. The molecule has 4 saturated carbocycles. The Morgan fingerprint density at radius 2 is 1.68 bits per heavy atom. The molecule has 4 fully saturated rings. The van der Waals surface area contributed by atoms with E-state index in [1.807, 2.05) is 27.7 Å². The van der Waals surface area contributed by atoms with Crippen LogP contribution in [0.4, 0.5) is 4.79 Å². The second-order valence-corrected chi connectivity index (χ2v) is 8.43. The summed E-state index contributed by atoms with van der Waals surface area (Å²) in [6.45, 7) is 7.56. The molecule has 5 heteroatoms. The van der Waals surface area contributed by atoms with Gasteiger partial charge in [-0.3, -0.25) is 4.79 Å². The predicted octanol–water partition coefficient (Wildman–Crippen LogP) is 2.88. The highest BCUT2D eigenvalue weighted by Crippen LogP contribution is 2.77. The van der Waals surface area contributed by atoms with Crippen molar-refractivity contribution < 1.29 is 19.1 Å². The van der Waals surface area contributed by atoms with Gasteiger partial charge in [0.15, 0.2) is 0 Å². The van der Waals surface area contributed by atoms with Gasteiger partial charge in [0.2, 0.25) is 0 Å². The summed E-state index contributed by atoms with van der Waals surface area (Å²) in [5.74, 6) is 1.14. The van der Waals surface area contributed by atoms with Gasteiger partial charge in [0.25, 0.3) is 0 Å².